The fourth-order valence-electron chi connectivity index (χ4n) is 3.22. The predicted octanol–water partition coefficient (Wildman–Crippen LogP) is 3.07. The number of nitrogens with one attached hydrogen (secondary N) is 1. The molecule has 0 radical (unpaired) electrons. The molecule has 4 rings (SSSR count). The molecule has 0 saturated carbocycles. The van der Waals surface area contributed by atoms with E-state index in [0.29, 0.717) is 22.6 Å². The van der Waals surface area contributed by atoms with Crippen molar-refractivity contribution in [3.05, 3.63) is 78.4 Å². The zero-order valence-corrected chi connectivity index (χ0v) is 18.4. The Kier molecular flexibility index (Phi) is 5.90. The zero-order chi connectivity index (χ0) is 23.6. The van der Waals surface area contributed by atoms with E-state index in [-0.39, 0.29) is 21.8 Å². The number of ether oxygens (including phenoxy) is 1. The maximum absolute atomic E-state index is 13.4. The Morgan fingerprint density at radius 3 is 2.36 bits per heavy atom. The molecule has 0 bridgehead atoms. The second-order valence-corrected chi connectivity index (χ2v) is 8.98. The van der Waals surface area contributed by atoms with Crippen LogP contribution in [0, 0.1) is 6.92 Å². The second kappa shape index (κ2) is 8.81. The third kappa shape index (κ3) is 4.31. The lowest BCUT2D eigenvalue weighted by Crippen LogP contribution is -2.30. The number of pyridine rings is 3. The fraction of sp³-hybridized carbons (Fsp3) is 0.0909. The van der Waals surface area contributed by atoms with E-state index in [4.69, 9.17) is 9.94 Å². The molecule has 0 spiro atoms. The first-order valence-electron chi connectivity index (χ1n) is 9.69. The normalized spacial score (nSPS) is 11.2. The molecule has 168 valence electrons. The van der Waals surface area contributed by atoms with Crippen molar-refractivity contribution in [2.24, 2.45) is 0 Å². The number of hydroxylamine groups is 1. The third-order valence-corrected chi connectivity index (χ3v) is 6.64. The molecular formula is C22H19N5O5S. The largest absolute Gasteiger partial charge is 0.457 e. The molecule has 33 heavy (non-hydrogen) atoms. The first kappa shape index (κ1) is 22.1. The molecule has 0 aliphatic rings. The van der Waals surface area contributed by atoms with Gasteiger partial charge in [0.05, 0.1) is 16.1 Å². The van der Waals surface area contributed by atoms with E-state index in [9.17, 15) is 13.2 Å². The van der Waals surface area contributed by atoms with Gasteiger partial charge in [0.15, 0.2) is 5.65 Å². The van der Waals surface area contributed by atoms with E-state index in [1.807, 2.05) is 0 Å². The van der Waals surface area contributed by atoms with Gasteiger partial charge in [-0.3, -0.25) is 19.3 Å². The maximum atomic E-state index is 13.4. The number of hydrogen-bond acceptors (Lipinski definition) is 8. The summed E-state index contributed by atoms with van der Waals surface area (Å²) < 4.78 is 33.5. The molecule has 11 heteroatoms. The van der Waals surface area contributed by atoms with Crippen LogP contribution in [0.1, 0.15) is 16.1 Å². The van der Waals surface area contributed by atoms with Gasteiger partial charge in [-0.15, -0.1) is 0 Å². The number of aryl methyl sites for hydroxylation is 1. The van der Waals surface area contributed by atoms with Gasteiger partial charge in [-0.05, 0) is 55.5 Å². The van der Waals surface area contributed by atoms with Gasteiger partial charge in [0.2, 0.25) is 0 Å². The number of fused-ring (bicyclic) bond motifs is 1. The Balaban J connectivity index is 1.75. The van der Waals surface area contributed by atoms with Crippen molar-refractivity contribution in [1.82, 2.24) is 20.4 Å². The number of aromatic nitrogens is 3. The van der Waals surface area contributed by atoms with Crippen molar-refractivity contribution >= 4 is 32.7 Å². The first-order chi connectivity index (χ1) is 15.8. The highest BCUT2D eigenvalue weighted by Gasteiger charge is 2.28. The summed E-state index contributed by atoms with van der Waals surface area (Å²) in [5.41, 5.74) is 2.39. The Labute approximate surface area is 189 Å². The van der Waals surface area contributed by atoms with Gasteiger partial charge >= 0.3 is 0 Å². The van der Waals surface area contributed by atoms with Crippen LogP contribution in [0.2, 0.25) is 0 Å². The summed E-state index contributed by atoms with van der Waals surface area (Å²) in [5, 5.41) is 9.49. The highest BCUT2D eigenvalue weighted by atomic mass is 32.2. The molecule has 2 N–H and O–H groups in total. The highest BCUT2D eigenvalue weighted by Crippen LogP contribution is 2.33. The van der Waals surface area contributed by atoms with Gasteiger partial charge in [-0.25, -0.2) is 23.9 Å². The molecule has 0 fully saturated rings. The van der Waals surface area contributed by atoms with Crippen molar-refractivity contribution < 1.29 is 23.2 Å². The number of carbonyl (C=O) groups excluding carboxylic acids is 1. The summed E-state index contributed by atoms with van der Waals surface area (Å²) >= 11 is 0. The summed E-state index contributed by atoms with van der Waals surface area (Å²) in [5.74, 6) is 0.101. The van der Waals surface area contributed by atoms with Crippen LogP contribution in [0.3, 0.4) is 0 Å². The van der Waals surface area contributed by atoms with E-state index in [1.54, 1.807) is 43.6 Å². The number of anilines is 1. The van der Waals surface area contributed by atoms with Crippen molar-refractivity contribution in [2.45, 2.75) is 11.8 Å². The minimum Gasteiger partial charge on any atom is -0.457 e. The molecule has 3 aromatic heterocycles. The minimum atomic E-state index is -4.10. The number of amides is 1. The Morgan fingerprint density at radius 2 is 1.70 bits per heavy atom. The summed E-state index contributed by atoms with van der Waals surface area (Å²) in [6, 6.07) is 12.5. The van der Waals surface area contributed by atoms with Crippen molar-refractivity contribution in [3.8, 4) is 11.5 Å². The molecule has 10 nitrogen and oxygen atoms in total. The average molecular weight is 465 g/mol. The molecule has 3 heterocycles. The molecule has 1 amide bonds. The number of sulfonamides is 1. The first-order valence-corrected chi connectivity index (χ1v) is 11.1. The molecule has 4 aromatic rings. The number of carbonyl (C=O) groups is 1. The lowest BCUT2D eigenvalue weighted by atomic mass is 10.1. The van der Waals surface area contributed by atoms with Gasteiger partial charge in [-0.2, -0.15) is 0 Å². The fourth-order valence-corrected chi connectivity index (χ4v) is 4.46. The van der Waals surface area contributed by atoms with Gasteiger partial charge in [0, 0.05) is 36.7 Å². The van der Waals surface area contributed by atoms with E-state index in [2.05, 4.69) is 15.0 Å². The van der Waals surface area contributed by atoms with Crippen LogP contribution in [0.15, 0.2) is 72.0 Å². The smallest absolute Gasteiger partial charge is 0.278 e. The maximum Gasteiger partial charge on any atom is 0.278 e. The summed E-state index contributed by atoms with van der Waals surface area (Å²) in [6.07, 6.45) is 4.34. The Bertz CT molecular complexity index is 1430. The molecule has 0 atom stereocenters. The molecule has 0 saturated heterocycles. The molecule has 0 unspecified atom stereocenters. The zero-order valence-electron chi connectivity index (χ0n) is 17.6. The standard InChI is InChI=1S/C22H19N5O5S/c1-14-3-8-18-20(19(22(28)26-29)13-24-21(18)25-14)27(2)33(30,31)17-6-4-15(5-7-17)32-16-9-11-23-12-10-16/h3-13,29H,1-2H3,(H,26,28). The van der Waals surface area contributed by atoms with E-state index < -0.39 is 15.9 Å². The second-order valence-electron chi connectivity index (χ2n) is 7.01. The van der Waals surface area contributed by atoms with Crippen LogP contribution in [-0.2, 0) is 10.0 Å². The minimum absolute atomic E-state index is 0.0209. The predicted molar refractivity (Wildman–Crippen MR) is 120 cm³/mol. The monoisotopic (exact) mass is 465 g/mol. The Morgan fingerprint density at radius 1 is 1.03 bits per heavy atom. The SMILES string of the molecule is Cc1ccc2c(N(C)S(=O)(=O)c3ccc(Oc4ccncc4)cc3)c(C(=O)NO)cnc2n1. The molecular weight excluding hydrogens is 446 g/mol. The van der Waals surface area contributed by atoms with E-state index in [1.165, 1.54) is 43.0 Å². The third-order valence-electron chi connectivity index (χ3n) is 4.87. The number of nitrogens with zero attached hydrogens (tertiary/aromatic N) is 4. The molecule has 1 aromatic carbocycles. The van der Waals surface area contributed by atoms with Crippen LogP contribution in [0.4, 0.5) is 5.69 Å². The van der Waals surface area contributed by atoms with Crippen LogP contribution >= 0.6 is 0 Å². The molecule has 0 aliphatic heterocycles. The van der Waals surface area contributed by atoms with Crippen LogP contribution in [0.5, 0.6) is 11.5 Å². The van der Waals surface area contributed by atoms with Crippen LogP contribution < -0.4 is 14.5 Å². The average Bonchev–Trinajstić information content (AvgIpc) is 2.83. The van der Waals surface area contributed by atoms with Gasteiger partial charge < -0.3 is 4.74 Å². The van der Waals surface area contributed by atoms with Crippen molar-refractivity contribution in [2.75, 3.05) is 11.4 Å². The van der Waals surface area contributed by atoms with Crippen molar-refractivity contribution in [1.29, 1.82) is 0 Å². The quantitative estimate of drug-likeness (QED) is 0.328. The summed E-state index contributed by atoms with van der Waals surface area (Å²) in [7, 11) is -2.78. The van der Waals surface area contributed by atoms with E-state index in [0.717, 1.165) is 4.31 Å². The van der Waals surface area contributed by atoms with Crippen molar-refractivity contribution in [3.63, 3.8) is 0 Å². The topological polar surface area (TPSA) is 135 Å². The molecule has 0 aliphatic carbocycles. The summed E-state index contributed by atoms with van der Waals surface area (Å²) in [4.78, 5) is 24.6. The van der Waals surface area contributed by atoms with Crippen LogP contribution in [-0.4, -0.2) is 41.5 Å². The number of benzene rings is 1. The number of hydrogen-bond donors (Lipinski definition) is 2. The summed E-state index contributed by atoms with van der Waals surface area (Å²) in [6.45, 7) is 1.77. The lowest BCUT2D eigenvalue weighted by molar-refractivity contribution is 0.0707. The Hall–Kier alpha value is -4.09. The van der Waals surface area contributed by atoms with Gasteiger partial charge in [0.25, 0.3) is 15.9 Å². The van der Waals surface area contributed by atoms with Crippen LogP contribution in [0.25, 0.3) is 11.0 Å². The van der Waals surface area contributed by atoms with Gasteiger partial charge in [-0.1, -0.05) is 0 Å². The van der Waals surface area contributed by atoms with E-state index >= 15 is 0 Å². The highest BCUT2D eigenvalue weighted by molar-refractivity contribution is 7.92. The number of rotatable bonds is 6. The van der Waals surface area contributed by atoms with Gasteiger partial charge in [0.1, 0.15) is 11.5 Å². The lowest BCUT2D eigenvalue weighted by Gasteiger charge is -2.23.